The molecule has 1 unspecified atom stereocenters. The van der Waals surface area contributed by atoms with Crippen LogP contribution in [0, 0.1) is 21.7 Å². The fourth-order valence-corrected chi connectivity index (χ4v) is 1.58. The molecule has 0 saturated carbocycles. The fourth-order valence-electron chi connectivity index (χ4n) is 1.58. The Kier molecular flexibility index (Phi) is 5.51. The molecule has 0 radical (unpaired) electrons. The number of nitro benzene ring substituents is 1. The number of nitrogens with one attached hydrogen (secondary N) is 1. The molecular formula is C12H14F2N2O4. The van der Waals surface area contributed by atoms with Crippen LogP contribution in [0.2, 0.25) is 0 Å². The zero-order valence-corrected chi connectivity index (χ0v) is 11.0. The normalized spacial score (nSPS) is 12.0. The van der Waals surface area contributed by atoms with E-state index in [9.17, 15) is 23.7 Å². The van der Waals surface area contributed by atoms with Crippen molar-refractivity contribution in [3.8, 4) is 0 Å². The number of methoxy groups -OCH3 is 1. The van der Waals surface area contributed by atoms with Crippen LogP contribution in [0.5, 0.6) is 0 Å². The van der Waals surface area contributed by atoms with Gasteiger partial charge in [-0.15, -0.1) is 0 Å². The molecule has 0 heterocycles. The number of halogens is 2. The van der Waals surface area contributed by atoms with Crippen LogP contribution in [0.3, 0.4) is 0 Å². The highest BCUT2D eigenvalue weighted by atomic mass is 19.1. The molecule has 0 aliphatic rings. The molecule has 1 atom stereocenters. The minimum atomic E-state index is -1.26. The standard InChI is InChI=1S/C12H14F2N2O4/c1-3-7(6-20-2)15-12(17)8-4-10(14)11(16(18)19)5-9(8)13/h4-5,7H,3,6H2,1-2H3,(H,15,17). The zero-order chi connectivity index (χ0) is 15.3. The van der Waals surface area contributed by atoms with Crippen molar-refractivity contribution >= 4 is 11.6 Å². The Morgan fingerprint density at radius 3 is 2.60 bits per heavy atom. The van der Waals surface area contributed by atoms with E-state index in [4.69, 9.17) is 4.74 Å². The van der Waals surface area contributed by atoms with Crippen LogP contribution < -0.4 is 5.32 Å². The van der Waals surface area contributed by atoms with E-state index in [1.165, 1.54) is 7.11 Å². The first-order chi connectivity index (χ1) is 9.40. The first-order valence-electron chi connectivity index (χ1n) is 5.83. The van der Waals surface area contributed by atoms with Gasteiger partial charge in [0.05, 0.1) is 29.2 Å². The number of hydrogen-bond donors (Lipinski definition) is 1. The molecule has 0 fully saturated rings. The van der Waals surface area contributed by atoms with Gasteiger partial charge in [0.25, 0.3) is 5.91 Å². The highest BCUT2D eigenvalue weighted by Crippen LogP contribution is 2.21. The number of hydrogen-bond acceptors (Lipinski definition) is 4. The van der Waals surface area contributed by atoms with Crippen LogP contribution in [0.1, 0.15) is 23.7 Å². The summed E-state index contributed by atoms with van der Waals surface area (Å²) in [6.45, 7) is 2.01. The lowest BCUT2D eigenvalue weighted by Gasteiger charge is -2.16. The lowest BCUT2D eigenvalue weighted by molar-refractivity contribution is -0.387. The molecule has 1 aromatic rings. The molecule has 20 heavy (non-hydrogen) atoms. The number of ether oxygens (including phenoxy) is 1. The molecule has 0 aliphatic heterocycles. The van der Waals surface area contributed by atoms with E-state index in [1.54, 1.807) is 6.92 Å². The highest BCUT2D eigenvalue weighted by molar-refractivity contribution is 5.95. The van der Waals surface area contributed by atoms with Gasteiger partial charge in [-0.1, -0.05) is 6.92 Å². The van der Waals surface area contributed by atoms with Crippen molar-refractivity contribution < 1.29 is 23.2 Å². The van der Waals surface area contributed by atoms with Gasteiger partial charge in [0.1, 0.15) is 5.82 Å². The maximum Gasteiger partial charge on any atom is 0.307 e. The summed E-state index contributed by atoms with van der Waals surface area (Å²) in [6.07, 6.45) is 0.538. The highest BCUT2D eigenvalue weighted by Gasteiger charge is 2.23. The topological polar surface area (TPSA) is 81.5 Å². The van der Waals surface area contributed by atoms with Crippen LogP contribution in [-0.4, -0.2) is 30.6 Å². The van der Waals surface area contributed by atoms with Crippen molar-refractivity contribution in [2.75, 3.05) is 13.7 Å². The van der Waals surface area contributed by atoms with E-state index in [-0.39, 0.29) is 12.6 Å². The minimum absolute atomic E-state index is 0.222. The van der Waals surface area contributed by atoms with Gasteiger partial charge in [-0.3, -0.25) is 14.9 Å². The molecule has 0 aromatic heterocycles. The van der Waals surface area contributed by atoms with Crippen molar-refractivity contribution in [1.82, 2.24) is 5.32 Å². The molecule has 1 rings (SSSR count). The van der Waals surface area contributed by atoms with E-state index in [1.807, 2.05) is 0 Å². The molecule has 6 nitrogen and oxygen atoms in total. The van der Waals surface area contributed by atoms with Gasteiger partial charge in [0.15, 0.2) is 0 Å². The van der Waals surface area contributed by atoms with Crippen molar-refractivity contribution in [3.05, 3.63) is 39.4 Å². The first kappa shape index (κ1) is 16.0. The Hall–Kier alpha value is -2.09. The summed E-state index contributed by atoms with van der Waals surface area (Å²) in [5.74, 6) is -3.26. The molecule has 0 bridgehead atoms. The second-order valence-corrected chi connectivity index (χ2v) is 4.07. The van der Waals surface area contributed by atoms with Gasteiger partial charge in [0.2, 0.25) is 5.82 Å². The van der Waals surface area contributed by atoms with Crippen molar-refractivity contribution in [2.45, 2.75) is 19.4 Å². The van der Waals surface area contributed by atoms with E-state index in [0.717, 1.165) is 0 Å². The Balaban J connectivity index is 2.99. The minimum Gasteiger partial charge on any atom is -0.383 e. The second kappa shape index (κ2) is 6.90. The Bertz CT molecular complexity index is 522. The molecule has 110 valence electrons. The average Bonchev–Trinajstić information content (AvgIpc) is 2.39. The van der Waals surface area contributed by atoms with Crippen LogP contribution in [0.15, 0.2) is 12.1 Å². The largest absolute Gasteiger partial charge is 0.383 e. The number of benzene rings is 1. The van der Waals surface area contributed by atoms with Gasteiger partial charge in [-0.2, -0.15) is 4.39 Å². The summed E-state index contributed by atoms with van der Waals surface area (Å²) in [7, 11) is 1.45. The van der Waals surface area contributed by atoms with Crippen LogP contribution >= 0.6 is 0 Å². The van der Waals surface area contributed by atoms with Crippen LogP contribution in [0.4, 0.5) is 14.5 Å². The van der Waals surface area contributed by atoms with Crippen LogP contribution in [0.25, 0.3) is 0 Å². The summed E-state index contributed by atoms with van der Waals surface area (Å²) in [5.41, 5.74) is -1.59. The smallest absolute Gasteiger partial charge is 0.307 e. The number of nitro groups is 1. The summed E-state index contributed by atoms with van der Waals surface area (Å²) < 4.78 is 31.9. The van der Waals surface area contributed by atoms with Crippen molar-refractivity contribution in [1.29, 1.82) is 0 Å². The van der Waals surface area contributed by atoms with E-state index in [0.29, 0.717) is 18.6 Å². The average molecular weight is 288 g/mol. The van der Waals surface area contributed by atoms with Gasteiger partial charge in [0, 0.05) is 7.11 Å². The van der Waals surface area contributed by atoms with Gasteiger partial charge < -0.3 is 10.1 Å². The predicted octanol–water partition coefficient (Wildman–Crippen LogP) is 2.03. The third kappa shape index (κ3) is 3.70. The molecule has 0 saturated heterocycles. The second-order valence-electron chi connectivity index (χ2n) is 4.07. The summed E-state index contributed by atoms with van der Waals surface area (Å²) >= 11 is 0. The zero-order valence-electron chi connectivity index (χ0n) is 11.0. The van der Waals surface area contributed by atoms with Crippen LogP contribution in [-0.2, 0) is 4.74 Å². The Labute approximate surface area is 113 Å². The molecular weight excluding hydrogens is 274 g/mol. The number of amides is 1. The number of carbonyl (C=O) groups is 1. The third-order valence-corrected chi connectivity index (χ3v) is 2.67. The molecule has 0 aliphatic carbocycles. The predicted molar refractivity (Wildman–Crippen MR) is 66.4 cm³/mol. The summed E-state index contributed by atoms with van der Waals surface area (Å²) in [6, 6.07) is 0.550. The fraction of sp³-hybridized carbons (Fsp3) is 0.417. The molecule has 0 spiro atoms. The molecule has 1 aromatic carbocycles. The third-order valence-electron chi connectivity index (χ3n) is 2.67. The molecule has 1 N–H and O–H groups in total. The van der Waals surface area contributed by atoms with E-state index < -0.39 is 33.7 Å². The SMILES string of the molecule is CCC(COC)NC(=O)c1cc(F)c([N+](=O)[O-])cc1F. The lowest BCUT2D eigenvalue weighted by Crippen LogP contribution is -2.38. The summed E-state index contributed by atoms with van der Waals surface area (Å²) in [4.78, 5) is 21.2. The number of nitrogens with zero attached hydrogens (tertiary/aromatic N) is 1. The van der Waals surface area contributed by atoms with Crippen molar-refractivity contribution in [3.63, 3.8) is 0 Å². The Morgan fingerprint density at radius 1 is 1.45 bits per heavy atom. The van der Waals surface area contributed by atoms with Crippen molar-refractivity contribution in [2.24, 2.45) is 0 Å². The van der Waals surface area contributed by atoms with E-state index >= 15 is 0 Å². The van der Waals surface area contributed by atoms with E-state index in [2.05, 4.69) is 5.32 Å². The van der Waals surface area contributed by atoms with Gasteiger partial charge in [-0.05, 0) is 12.5 Å². The van der Waals surface area contributed by atoms with Gasteiger partial charge in [-0.25, -0.2) is 4.39 Å². The lowest BCUT2D eigenvalue weighted by atomic mass is 10.1. The quantitative estimate of drug-likeness (QED) is 0.641. The maximum atomic E-state index is 13.6. The number of rotatable bonds is 6. The maximum absolute atomic E-state index is 13.6. The monoisotopic (exact) mass is 288 g/mol. The first-order valence-corrected chi connectivity index (χ1v) is 5.83. The molecule has 8 heteroatoms. The Morgan fingerprint density at radius 2 is 2.10 bits per heavy atom. The summed E-state index contributed by atoms with van der Waals surface area (Å²) in [5, 5.41) is 12.9. The van der Waals surface area contributed by atoms with Gasteiger partial charge >= 0.3 is 5.69 Å². The molecule has 1 amide bonds. The number of carbonyl (C=O) groups excluding carboxylic acids is 1.